The minimum Gasteiger partial charge on any atom is -0.347 e. The number of aromatic nitrogens is 1. The molecule has 146 valence electrons. The van der Waals surface area contributed by atoms with Gasteiger partial charge >= 0.3 is 6.03 Å². The van der Waals surface area contributed by atoms with Gasteiger partial charge in [0.1, 0.15) is 0 Å². The van der Waals surface area contributed by atoms with E-state index in [0.29, 0.717) is 64.2 Å². The summed E-state index contributed by atoms with van der Waals surface area (Å²) in [6, 6.07) is -0.0183. The first-order valence-corrected chi connectivity index (χ1v) is 9.48. The highest BCUT2D eigenvalue weighted by molar-refractivity contribution is 5.96. The van der Waals surface area contributed by atoms with Crippen LogP contribution >= 0.6 is 0 Å². The molecule has 0 bridgehead atoms. The molecule has 0 N–H and O–H groups in total. The van der Waals surface area contributed by atoms with Crippen molar-refractivity contribution in [2.24, 2.45) is 0 Å². The molecule has 0 aliphatic carbocycles. The van der Waals surface area contributed by atoms with Crippen molar-refractivity contribution in [2.75, 3.05) is 46.9 Å². The third-order valence-electron chi connectivity index (χ3n) is 5.65. The fraction of sp³-hybridized carbons (Fsp3) is 0.632. The fourth-order valence-electron chi connectivity index (χ4n) is 4.13. The Morgan fingerprint density at radius 1 is 1.07 bits per heavy atom. The van der Waals surface area contributed by atoms with Crippen LogP contribution in [0.1, 0.15) is 34.3 Å². The predicted molar refractivity (Wildman–Crippen MR) is 97.2 cm³/mol. The van der Waals surface area contributed by atoms with Crippen LogP contribution in [0.2, 0.25) is 0 Å². The number of hydrogen-bond donors (Lipinski definition) is 0. The van der Waals surface area contributed by atoms with Gasteiger partial charge in [-0.2, -0.15) is 0 Å². The summed E-state index contributed by atoms with van der Waals surface area (Å²) >= 11 is 0. The Bertz CT molecular complexity index is 735. The first-order valence-electron chi connectivity index (χ1n) is 9.48. The Hall–Kier alpha value is -2.19. The van der Waals surface area contributed by atoms with Gasteiger partial charge in [0.2, 0.25) is 0 Å². The topological polar surface area (TPSA) is 75.2 Å². The van der Waals surface area contributed by atoms with Crippen molar-refractivity contribution in [1.82, 2.24) is 19.7 Å². The van der Waals surface area contributed by atoms with Gasteiger partial charge in [0.05, 0.1) is 18.8 Å². The minimum atomic E-state index is -0.488. The molecule has 1 spiro atoms. The summed E-state index contributed by atoms with van der Waals surface area (Å²) in [5.41, 5.74) is 2.64. The lowest BCUT2D eigenvalue weighted by molar-refractivity contribution is -0.181. The van der Waals surface area contributed by atoms with E-state index in [1.165, 1.54) is 0 Å². The SMILES string of the molecule is CN(C)C(=O)N1CCc2c(cncc2C(=O)N2CCC3(CC2)OCCO3)C1. The van der Waals surface area contributed by atoms with Crippen molar-refractivity contribution in [3.63, 3.8) is 0 Å². The largest absolute Gasteiger partial charge is 0.347 e. The van der Waals surface area contributed by atoms with Gasteiger partial charge in [0.15, 0.2) is 5.79 Å². The van der Waals surface area contributed by atoms with Crippen LogP contribution in [0.25, 0.3) is 0 Å². The molecule has 4 rings (SSSR count). The number of urea groups is 1. The zero-order chi connectivity index (χ0) is 19.0. The first-order chi connectivity index (χ1) is 13.0. The summed E-state index contributed by atoms with van der Waals surface area (Å²) in [4.78, 5) is 34.8. The Balaban J connectivity index is 1.48. The van der Waals surface area contributed by atoms with Gasteiger partial charge in [-0.1, -0.05) is 0 Å². The Kier molecular flexibility index (Phi) is 4.77. The lowest BCUT2D eigenvalue weighted by atomic mass is 9.95. The van der Waals surface area contributed by atoms with E-state index >= 15 is 0 Å². The van der Waals surface area contributed by atoms with Gasteiger partial charge in [0.25, 0.3) is 5.91 Å². The highest BCUT2D eigenvalue weighted by Crippen LogP contribution is 2.32. The van der Waals surface area contributed by atoms with E-state index in [1.807, 2.05) is 4.90 Å². The van der Waals surface area contributed by atoms with E-state index in [4.69, 9.17) is 9.47 Å². The van der Waals surface area contributed by atoms with Crippen LogP contribution in [-0.2, 0) is 22.4 Å². The Labute approximate surface area is 159 Å². The third kappa shape index (κ3) is 3.39. The summed E-state index contributed by atoms with van der Waals surface area (Å²) in [7, 11) is 3.49. The molecule has 2 fully saturated rings. The van der Waals surface area contributed by atoms with Crippen molar-refractivity contribution >= 4 is 11.9 Å². The van der Waals surface area contributed by atoms with Gasteiger partial charge in [-0.25, -0.2) is 4.79 Å². The average molecular weight is 374 g/mol. The number of likely N-dealkylation sites (tertiary alicyclic amines) is 1. The normalized spacial score (nSPS) is 21.3. The van der Waals surface area contributed by atoms with E-state index in [-0.39, 0.29) is 11.9 Å². The lowest BCUT2D eigenvalue weighted by Gasteiger charge is -2.38. The van der Waals surface area contributed by atoms with Gasteiger partial charge in [-0.3, -0.25) is 9.78 Å². The number of nitrogens with zero attached hydrogens (tertiary/aromatic N) is 4. The molecule has 1 aromatic rings. The van der Waals surface area contributed by atoms with E-state index < -0.39 is 5.79 Å². The highest BCUT2D eigenvalue weighted by Gasteiger charge is 2.41. The maximum Gasteiger partial charge on any atom is 0.319 e. The molecule has 3 aliphatic heterocycles. The molecule has 1 aromatic heterocycles. The standard InChI is InChI=1S/C19H26N4O4/c1-21(2)18(25)23-6-3-15-14(13-23)11-20-12-16(15)17(24)22-7-4-19(5-8-22)26-9-10-27-19/h11-12H,3-10,13H2,1-2H3. The molecule has 0 unspecified atom stereocenters. The molecule has 8 heteroatoms. The molecule has 27 heavy (non-hydrogen) atoms. The van der Waals surface area contributed by atoms with Crippen molar-refractivity contribution in [2.45, 2.75) is 31.6 Å². The summed E-state index contributed by atoms with van der Waals surface area (Å²) < 4.78 is 11.5. The predicted octanol–water partition coefficient (Wildman–Crippen LogP) is 1.10. The summed E-state index contributed by atoms with van der Waals surface area (Å²) in [5.74, 6) is -0.474. The fourth-order valence-corrected chi connectivity index (χ4v) is 4.13. The molecular formula is C19H26N4O4. The van der Waals surface area contributed by atoms with Crippen molar-refractivity contribution in [1.29, 1.82) is 0 Å². The third-order valence-corrected chi connectivity index (χ3v) is 5.65. The number of carbonyl (C=O) groups is 2. The molecule has 4 heterocycles. The van der Waals surface area contributed by atoms with Crippen LogP contribution in [0.3, 0.4) is 0 Å². The van der Waals surface area contributed by atoms with Crippen LogP contribution < -0.4 is 0 Å². The number of hydrogen-bond acceptors (Lipinski definition) is 5. The monoisotopic (exact) mass is 374 g/mol. The smallest absolute Gasteiger partial charge is 0.319 e. The molecule has 0 saturated carbocycles. The molecule has 3 aliphatic rings. The summed E-state index contributed by atoms with van der Waals surface area (Å²) in [6.45, 7) is 3.60. The van der Waals surface area contributed by atoms with Crippen LogP contribution in [0.5, 0.6) is 0 Å². The van der Waals surface area contributed by atoms with Crippen molar-refractivity contribution < 1.29 is 19.1 Å². The zero-order valence-corrected chi connectivity index (χ0v) is 15.9. The summed E-state index contributed by atoms with van der Waals surface area (Å²) in [5, 5.41) is 0. The van der Waals surface area contributed by atoms with Crippen LogP contribution in [0.4, 0.5) is 4.79 Å². The number of amides is 3. The Morgan fingerprint density at radius 3 is 2.44 bits per heavy atom. The van der Waals surface area contributed by atoms with E-state index in [0.717, 1.165) is 11.1 Å². The van der Waals surface area contributed by atoms with E-state index in [9.17, 15) is 9.59 Å². The van der Waals surface area contributed by atoms with Crippen LogP contribution in [-0.4, -0.2) is 84.4 Å². The number of rotatable bonds is 1. The maximum atomic E-state index is 13.1. The zero-order valence-electron chi connectivity index (χ0n) is 15.9. The molecule has 0 atom stereocenters. The van der Waals surface area contributed by atoms with Crippen molar-refractivity contribution in [3.05, 3.63) is 29.1 Å². The quantitative estimate of drug-likeness (QED) is 0.736. The maximum absolute atomic E-state index is 13.1. The average Bonchev–Trinajstić information content (AvgIpc) is 3.14. The molecular weight excluding hydrogens is 348 g/mol. The highest BCUT2D eigenvalue weighted by atomic mass is 16.7. The second kappa shape index (κ2) is 7.09. The number of pyridine rings is 1. The van der Waals surface area contributed by atoms with Gasteiger partial charge in [-0.15, -0.1) is 0 Å². The van der Waals surface area contributed by atoms with Gasteiger partial charge in [-0.05, 0) is 17.5 Å². The molecule has 8 nitrogen and oxygen atoms in total. The van der Waals surface area contributed by atoms with E-state index in [2.05, 4.69) is 4.98 Å². The number of carbonyl (C=O) groups excluding carboxylic acids is 2. The van der Waals surface area contributed by atoms with Crippen LogP contribution in [0.15, 0.2) is 12.4 Å². The van der Waals surface area contributed by atoms with Gasteiger partial charge in [0, 0.05) is 65.5 Å². The van der Waals surface area contributed by atoms with Crippen molar-refractivity contribution in [3.8, 4) is 0 Å². The molecule has 3 amide bonds. The van der Waals surface area contributed by atoms with Crippen LogP contribution in [0, 0.1) is 0 Å². The molecule has 2 saturated heterocycles. The first kappa shape index (κ1) is 18.2. The number of piperidine rings is 1. The second-order valence-corrected chi connectivity index (χ2v) is 7.57. The minimum absolute atomic E-state index is 0.0135. The molecule has 0 aromatic carbocycles. The van der Waals surface area contributed by atoms with Gasteiger partial charge < -0.3 is 24.2 Å². The lowest BCUT2D eigenvalue weighted by Crippen LogP contribution is -2.48. The van der Waals surface area contributed by atoms with E-state index in [1.54, 1.807) is 36.3 Å². The number of ether oxygens (including phenoxy) is 2. The Morgan fingerprint density at radius 2 is 1.78 bits per heavy atom. The number of fused-ring (bicyclic) bond motifs is 1. The summed E-state index contributed by atoms with van der Waals surface area (Å²) in [6.07, 6.45) is 5.51. The molecule has 0 radical (unpaired) electrons. The second-order valence-electron chi connectivity index (χ2n) is 7.57.